The third kappa shape index (κ3) is 1.71. The van der Waals surface area contributed by atoms with Crippen molar-refractivity contribution in [1.82, 2.24) is 0 Å². The lowest BCUT2D eigenvalue weighted by Gasteiger charge is -2.05. The van der Waals surface area contributed by atoms with E-state index in [0.717, 1.165) is 0 Å². The molecule has 3 nitrogen and oxygen atoms in total. The zero-order chi connectivity index (χ0) is 10.7. The summed E-state index contributed by atoms with van der Waals surface area (Å²) in [7, 11) is 1.49. The average Bonchev–Trinajstić information content (AvgIpc) is 2.19. The molecule has 1 heterocycles. The van der Waals surface area contributed by atoms with Gasteiger partial charge in [-0.1, -0.05) is 6.08 Å². The van der Waals surface area contributed by atoms with Crippen LogP contribution in [0.1, 0.15) is 23.8 Å². The summed E-state index contributed by atoms with van der Waals surface area (Å²) in [5, 5.41) is 0. The third-order valence-corrected chi connectivity index (χ3v) is 2.06. The van der Waals surface area contributed by atoms with Crippen LogP contribution in [-0.4, -0.2) is 7.11 Å². The van der Waals surface area contributed by atoms with Crippen LogP contribution in [0.3, 0.4) is 0 Å². The van der Waals surface area contributed by atoms with Crippen LogP contribution >= 0.6 is 0 Å². The average molecular weight is 194 g/mol. The van der Waals surface area contributed by atoms with Gasteiger partial charge in [-0.15, -0.1) is 0 Å². The highest BCUT2D eigenvalue weighted by Crippen LogP contribution is 2.19. The quantitative estimate of drug-likeness (QED) is 0.725. The lowest BCUT2D eigenvalue weighted by molar-refractivity contribution is 0.289. The van der Waals surface area contributed by atoms with Crippen molar-refractivity contribution in [2.24, 2.45) is 0 Å². The van der Waals surface area contributed by atoms with E-state index in [1.807, 2.05) is 13.0 Å². The van der Waals surface area contributed by atoms with E-state index in [4.69, 9.17) is 9.15 Å². The maximum absolute atomic E-state index is 11.7. The molecule has 0 unspecified atom stereocenters. The van der Waals surface area contributed by atoms with Gasteiger partial charge in [-0.2, -0.15) is 0 Å². The van der Waals surface area contributed by atoms with Crippen LogP contribution in [0.25, 0.3) is 6.08 Å². The zero-order valence-electron chi connectivity index (χ0n) is 8.88. The zero-order valence-corrected chi connectivity index (χ0v) is 8.88. The Bertz CT molecular complexity index is 413. The van der Waals surface area contributed by atoms with E-state index in [1.54, 1.807) is 19.9 Å². The van der Waals surface area contributed by atoms with E-state index >= 15 is 0 Å². The van der Waals surface area contributed by atoms with E-state index in [9.17, 15) is 4.79 Å². The molecule has 0 atom stereocenters. The molecule has 0 spiro atoms. The molecule has 0 aliphatic heterocycles. The van der Waals surface area contributed by atoms with E-state index in [2.05, 4.69) is 0 Å². The van der Waals surface area contributed by atoms with Gasteiger partial charge in [0, 0.05) is 5.56 Å². The fraction of sp³-hybridized carbons (Fsp3) is 0.364. The molecule has 14 heavy (non-hydrogen) atoms. The molecule has 0 amide bonds. The van der Waals surface area contributed by atoms with Crippen LogP contribution < -0.4 is 10.2 Å². The summed E-state index contributed by atoms with van der Waals surface area (Å²) in [5.74, 6) is 0.841. The smallest absolute Gasteiger partial charge is 0.291 e. The summed E-state index contributed by atoms with van der Waals surface area (Å²) in [6.45, 7) is 5.30. The van der Waals surface area contributed by atoms with Crippen molar-refractivity contribution in [3.63, 3.8) is 0 Å². The SMILES string of the molecule is C/C=C/c1oc(OC)c(C)c(=O)c1C. The first-order chi connectivity index (χ1) is 6.61. The first kappa shape index (κ1) is 10.6. The van der Waals surface area contributed by atoms with Gasteiger partial charge >= 0.3 is 0 Å². The number of ether oxygens (including phenoxy) is 1. The second-order valence-electron chi connectivity index (χ2n) is 3.04. The summed E-state index contributed by atoms with van der Waals surface area (Å²) < 4.78 is 10.4. The van der Waals surface area contributed by atoms with Crippen molar-refractivity contribution < 1.29 is 9.15 Å². The molecule has 0 N–H and O–H groups in total. The summed E-state index contributed by atoms with van der Waals surface area (Å²) in [6, 6.07) is 0. The lowest BCUT2D eigenvalue weighted by atomic mass is 10.1. The molecule has 0 saturated heterocycles. The van der Waals surface area contributed by atoms with Crippen molar-refractivity contribution in [3.8, 4) is 5.95 Å². The Labute approximate surface area is 83.0 Å². The lowest BCUT2D eigenvalue weighted by Crippen LogP contribution is -2.11. The van der Waals surface area contributed by atoms with E-state index in [-0.39, 0.29) is 11.4 Å². The van der Waals surface area contributed by atoms with Crippen molar-refractivity contribution in [2.45, 2.75) is 20.8 Å². The largest absolute Gasteiger partial charge is 0.468 e. The van der Waals surface area contributed by atoms with E-state index in [0.29, 0.717) is 16.9 Å². The van der Waals surface area contributed by atoms with Crippen LogP contribution in [-0.2, 0) is 0 Å². The maximum atomic E-state index is 11.7. The van der Waals surface area contributed by atoms with Crippen LogP contribution in [0.5, 0.6) is 5.95 Å². The number of hydrogen-bond donors (Lipinski definition) is 0. The van der Waals surface area contributed by atoms with Crippen molar-refractivity contribution in [2.75, 3.05) is 7.11 Å². The molecule has 0 bridgehead atoms. The summed E-state index contributed by atoms with van der Waals surface area (Å²) >= 11 is 0. The molecule has 76 valence electrons. The Balaban J connectivity index is 3.48. The summed E-state index contributed by atoms with van der Waals surface area (Å²) in [6.07, 6.45) is 3.57. The Morgan fingerprint density at radius 3 is 2.43 bits per heavy atom. The topological polar surface area (TPSA) is 39.4 Å². The molecule has 0 aromatic carbocycles. The minimum atomic E-state index is -0.0267. The van der Waals surface area contributed by atoms with Gasteiger partial charge in [0.05, 0.1) is 12.7 Å². The molecular weight excluding hydrogens is 180 g/mol. The molecule has 0 fully saturated rings. The van der Waals surface area contributed by atoms with Gasteiger partial charge in [0.15, 0.2) is 5.43 Å². The van der Waals surface area contributed by atoms with Gasteiger partial charge in [0.1, 0.15) is 5.76 Å². The van der Waals surface area contributed by atoms with Gasteiger partial charge in [-0.3, -0.25) is 4.79 Å². The van der Waals surface area contributed by atoms with Crippen LogP contribution in [0.15, 0.2) is 15.3 Å². The molecule has 0 saturated carbocycles. The predicted molar refractivity (Wildman–Crippen MR) is 55.7 cm³/mol. The fourth-order valence-electron chi connectivity index (χ4n) is 1.24. The Morgan fingerprint density at radius 2 is 1.93 bits per heavy atom. The number of methoxy groups -OCH3 is 1. The van der Waals surface area contributed by atoms with Gasteiger partial charge in [0.2, 0.25) is 0 Å². The fourth-order valence-corrected chi connectivity index (χ4v) is 1.24. The monoisotopic (exact) mass is 194 g/mol. The minimum Gasteiger partial charge on any atom is -0.468 e. The molecular formula is C11H14O3. The van der Waals surface area contributed by atoms with Crippen molar-refractivity contribution >= 4 is 6.08 Å². The molecule has 1 rings (SSSR count). The number of rotatable bonds is 2. The van der Waals surface area contributed by atoms with Gasteiger partial charge in [-0.05, 0) is 26.8 Å². The molecule has 1 aromatic rings. The second kappa shape index (κ2) is 4.13. The summed E-state index contributed by atoms with van der Waals surface area (Å²) in [5.41, 5.74) is 1.10. The molecule has 0 aliphatic rings. The summed E-state index contributed by atoms with van der Waals surface area (Å²) in [4.78, 5) is 11.7. The highest BCUT2D eigenvalue weighted by Gasteiger charge is 2.11. The first-order valence-corrected chi connectivity index (χ1v) is 4.42. The minimum absolute atomic E-state index is 0.0267. The second-order valence-corrected chi connectivity index (χ2v) is 3.04. The molecule has 1 aromatic heterocycles. The normalized spacial score (nSPS) is 10.9. The highest BCUT2D eigenvalue weighted by atomic mass is 16.6. The predicted octanol–water partition coefficient (Wildman–Crippen LogP) is 2.30. The Morgan fingerprint density at radius 1 is 1.29 bits per heavy atom. The number of allylic oxidation sites excluding steroid dienone is 1. The first-order valence-electron chi connectivity index (χ1n) is 4.42. The molecule has 0 aliphatic carbocycles. The number of hydrogen-bond acceptors (Lipinski definition) is 3. The van der Waals surface area contributed by atoms with Crippen LogP contribution in [0, 0.1) is 13.8 Å². The maximum Gasteiger partial charge on any atom is 0.291 e. The van der Waals surface area contributed by atoms with Crippen molar-refractivity contribution in [1.29, 1.82) is 0 Å². The molecule has 0 radical (unpaired) electrons. The van der Waals surface area contributed by atoms with Gasteiger partial charge in [-0.25, -0.2) is 0 Å². The molecule has 3 heteroatoms. The van der Waals surface area contributed by atoms with E-state index < -0.39 is 0 Å². The Hall–Kier alpha value is -1.51. The van der Waals surface area contributed by atoms with Crippen molar-refractivity contribution in [3.05, 3.63) is 33.2 Å². The van der Waals surface area contributed by atoms with Gasteiger partial charge < -0.3 is 9.15 Å². The van der Waals surface area contributed by atoms with Gasteiger partial charge in [0.25, 0.3) is 5.95 Å². The third-order valence-electron chi connectivity index (χ3n) is 2.06. The standard InChI is InChI=1S/C11H14O3/c1-5-6-9-7(2)10(12)8(3)11(13-4)14-9/h5-6H,1-4H3/b6-5+. The highest BCUT2D eigenvalue weighted by molar-refractivity contribution is 5.48. The Kier molecular flexibility index (Phi) is 3.12. The van der Waals surface area contributed by atoms with Crippen LogP contribution in [0.2, 0.25) is 0 Å². The van der Waals surface area contributed by atoms with E-state index in [1.165, 1.54) is 7.11 Å². The van der Waals surface area contributed by atoms with Crippen LogP contribution in [0.4, 0.5) is 0 Å².